The molecule has 0 aliphatic rings. The average Bonchev–Trinajstić information content (AvgIpc) is 2.82. The fraction of sp³-hybridized carbons (Fsp3) is 0.200. The molecule has 0 amide bonds. The second-order valence-corrected chi connectivity index (χ2v) is 6.07. The Balaban J connectivity index is 2.38. The molecule has 7 heteroatoms. The number of hydrogen-bond donors (Lipinski definition) is 3. The summed E-state index contributed by atoms with van der Waals surface area (Å²) in [5, 5.41) is 8.92. The number of halogens is 1. The monoisotopic (exact) mass is 312 g/mol. The van der Waals surface area contributed by atoms with Crippen LogP contribution >= 0.6 is 27.3 Å². The number of H-pyrrole nitrogens is 1. The summed E-state index contributed by atoms with van der Waals surface area (Å²) in [7, 11) is 0. The minimum absolute atomic E-state index is 0.0600. The smallest absolute Gasteiger partial charge is 0.152 e. The molecule has 3 aromatic rings. The number of rotatable bonds is 2. The van der Waals surface area contributed by atoms with E-state index in [-0.39, 0.29) is 6.61 Å². The third kappa shape index (κ3) is 1.70. The van der Waals surface area contributed by atoms with Crippen molar-refractivity contribution >= 4 is 54.3 Å². The predicted molar refractivity (Wildman–Crippen MR) is 72.2 cm³/mol. The summed E-state index contributed by atoms with van der Waals surface area (Å²) in [6.07, 6.45) is 0.488. The molecule has 0 saturated heterocycles. The van der Waals surface area contributed by atoms with Gasteiger partial charge in [-0.05, 0) is 22.0 Å². The number of nitrogens with zero attached hydrogens (tertiary/aromatic N) is 2. The molecule has 0 radical (unpaired) electrons. The Morgan fingerprint density at radius 3 is 3.06 bits per heavy atom. The van der Waals surface area contributed by atoms with Gasteiger partial charge in [0.1, 0.15) is 11.3 Å². The normalized spacial score (nSPS) is 11.6. The number of aliphatic hydroxyl groups is 1. The minimum Gasteiger partial charge on any atom is -0.396 e. The summed E-state index contributed by atoms with van der Waals surface area (Å²) in [6.45, 7) is 0.0600. The number of nitrogens with one attached hydrogen (secondary N) is 1. The first-order chi connectivity index (χ1) is 8.19. The van der Waals surface area contributed by atoms with E-state index in [1.807, 2.05) is 6.07 Å². The SMILES string of the molecule is Nc1nc2cc(Br)sc2c2[nH]c(CCO)nc12. The lowest BCUT2D eigenvalue weighted by Gasteiger charge is -1.94. The maximum absolute atomic E-state index is 8.92. The minimum atomic E-state index is 0.0600. The van der Waals surface area contributed by atoms with Crippen molar-refractivity contribution in [3.63, 3.8) is 0 Å². The number of thiophene rings is 1. The summed E-state index contributed by atoms with van der Waals surface area (Å²) in [6, 6.07) is 1.93. The van der Waals surface area contributed by atoms with Crippen LogP contribution in [0.3, 0.4) is 0 Å². The zero-order valence-corrected chi connectivity index (χ0v) is 11.1. The number of nitrogens with two attached hydrogens (primary N) is 1. The number of aromatic amines is 1. The highest BCUT2D eigenvalue weighted by atomic mass is 79.9. The fourth-order valence-corrected chi connectivity index (χ4v) is 3.32. The largest absolute Gasteiger partial charge is 0.396 e. The van der Waals surface area contributed by atoms with Crippen molar-refractivity contribution in [3.8, 4) is 0 Å². The van der Waals surface area contributed by atoms with E-state index < -0.39 is 0 Å². The molecule has 0 spiro atoms. The van der Waals surface area contributed by atoms with Crippen molar-refractivity contribution in [1.29, 1.82) is 0 Å². The molecule has 0 saturated carbocycles. The third-order valence-electron chi connectivity index (χ3n) is 2.49. The number of pyridine rings is 1. The Kier molecular flexibility index (Phi) is 2.53. The highest BCUT2D eigenvalue weighted by Gasteiger charge is 2.13. The van der Waals surface area contributed by atoms with Crippen molar-refractivity contribution in [2.75, 3.05) is 12.3 Å². The van der Waals surface area contributed by atoms with Crippen molar-refractivity contribution in [1.82, 2.24) is 15.0 Å². The van der Waals surface area contributed by atoms with Crippen LogP contribution in [0.4, 0.5) is 5.82 Å². The number of imidazole rings is 1. The number of anilines is 1. The van der Waals surface area contributed by atoms with Crippen molar-refractivity contribution < 1.29 is 5.11 Å². The number of fused-ring (bicyclic) bond motifs is 3. The van der Waals surface area contributed by atoms with Crippen LogP contribution in [0.5, 0.6) is 0 Å². The number of hydrogen-bond acceptors (Lipinski definition) is 5. The quantitative estimate of drug-likeness (QED) is 0.676. The van der Waals surface area contributed by atoms with E-state index in [9.17, 15) is 0 Å². The molecule has 0 aromatic carbocycles. The number of nitrogen functional groups attached to an aromatic ring is 1. The molecule has 5 nitrogen and oxygen atoms in total. The number of aromatic nitrogens is 3. The van der Waals surface area contributed by atoms with E-state index >= 15 is 0 Å². The van der Waals surface area contributed by atoms with Gasteiger partial charge >= 0.3 is 0 Å². The third-order valence-corrected chi connectivity index (χ3v) is 4.14. The van der Waals surface area contributed by atoms with E-state index in [1.165, 1.54) is 0 Å². The maximum atomic E-state index is 8.92. The fourth-order valence-electron chi connectivity index (χ4n) is 1.79. The van der Waals surface area contributed by atoms with Gasteiger partial charge in [-0.15, -0.1) is 11.3 Å². The molecule has 3 rings (SSSR count). The zero-order chi connectivity index (χ0) is 12.0. The zero-order valence-electron chi connectivity index (χ0n) is 8.70. The molecule has 0 fully saturated rings. The summed E-state index contributed by atoms with van der Waals surface area (Å²) in [4.78, 5) is 11.9. The van der Waals surface area contributed by atoms with Gasteiger partial charge in [-0.25, -0.2) is 9.97 Å². The highest BCUT2D eigenvalue weighted by Crippen LogP contribution is 2.34. The molecule has 0 aliphatic heterocycles. The van der Waals surface area contributed by atoms with Gasteiger partial charge in [-0.3, -0.25) is 0 Å². The van der Waals surface area contributed by atoms with Gasteiger partial charge in [0.25, 0.3) is 0 Å². The molecule has 88 valence electrons. The molecule has 4 N–H and O–H groups in total. The first-order valence-corrected chi connectivity index (χ1v) is 6.64. The molecule has 0 unspecified atom stereocenters. The first kappa shape index (κ1) is 10.9. The molecule has 3 heterocycles. The Hall–Kier alpha value is -1.18. The van der Waals surface area contributed by atoms with Gasteiger partial charge in [0.2, 0.25) is 0 Å². The molecule has 0 aliphatic carbocycles. The molecule has 3 aromatic heterocycles. The lowest BCUT2D eigenvalue weighted by atomic mass is 10.3. The lowest BCUT2D eigenvalue weighted by Crippen LogP contribution is -1.93. The summed E-state index contributed by atoms with van der Waals surface area (Å²) >= 11 is 5.02. The van der Waals surface area contributed by atoms with Crippen LogP contribution < -0.4 is 5.73 Å². The van der Waals surface area contributed by atoms with Gasteiger partial charge < -0.3 is 15.8 Å². The van der Waals surface area contributed by atoms with E-state index in [0.29, 0.717) is 17.8 Å². The molecule has 0 bridgehead atoms. The number of aliphatic hydroxyl groups excluding tert-OH is 1. The summed E-state index contributed by atoms with van der Waals surface area (Å²) in [5.41, 5.74) is 8.30. The van der Waals surface area contributed by atoms with Gasteiger partial charge in [0.15, 0.2) is 5.82 Å². The molecule has 0 atom stereocenters. The van der Waals surface area contributed by atoms with Crippen LogP contribution in [-0.2, 0) is 6.42 Å². The Bertz CT molecular complexity index is 705. The van der Waals surface area contributed by atoms with Gasteiger partial charge in [0.05, 0.1) is 26.1 Å². The highest BCUT2D eigenvalue weighted by molar-refractivity contribution is 9.11. The maximum Gasteiger partial charge on any atom is 0.152 e. The van der Waals surface area contributed by atoms with Crippen LogP contribution in [0.25, 0.3) is 21.3 Å². The lowest BCUT2D eigenvalue weighted by molar-refractivity contribution is 0.297. The average molecular weight is 313 g/mol. The van der Waals surface area contributed by atoms with E-state index in [0.717, 1.165) is 25.3 Å². The predicted octanol–water partition coefficient (Wildman–Crippen LogP) is 2.05. The molecular weight excluding hydrogens is 304 g/mol. The van der Waals surface area contributed by atoms with Crippen molar-refractivity contribution in [2.45, 2.75) is 6.42 Å². The first-order valence-electron chi connectivity index (χ1n) is 5.03. The molecular formula is C10H9BrN4OS. The molecule has 17 heavy (non-hydrogen) atoms. The van der Waals surface area contributed by atoms with Crippen molar-refractivity contribution in [2.24, 2.45) is 0 Å². The van der Waals surface area contributed by atoms with Gasteiger partial charge in [-0.2, -0.15) is 0 Å². The van der Waals surface area contributed by atoms with E-state index in [2.05, 4.69) is 30.9 Å². The van der Waals surface area contributed by atoms with Crippen LogP contribution in [0.2, 0.25) is 0 Å². The van der Waals surface area contributed by atoms with E-state index in [1.54, 1.807) is 11.3 Å². The summed E-state index contributed by atoms with van der Waals surface area (Å²) in [5.74, 6) is 1.14. The Morgan fingerprint density at radius 1 is 1.47 bits per heavy atom. The van der Waals surface area contributed by atoms with E-state index in [4.69, 9.17) is 10.8 Å². The van der Waals surface area contributed by atoms with Crippen LogP contribution in [0.15, 0.2) is 9.85 Å². The summed E-state index contributed by atoms with van der Waals surface area (Å²) < 4.78 is 2.03. The topological polar surface area (TPSA) is 87.8 Å². The van der Waals surface area contributed by atoms with Crippen LogP contribution in [-0.4, -0.2) is 26.7 Å². The standard InChI is InChI=1S/C10H9BrN4OS/c11-5-3-4-9(17-5)7-8(10(12)13-4)15-6(14-7)1-2-16/h3,16H,1-2H2,(H2,12,13)(H,14,15). The second-order valence-electron chi connectivity index (χ2n) is 3.64. The Labute approximate surface area is 109 Å². The van der Waals surface area contributed by atoms with Crippen LogP contribution in [0, 0.1) is 0 Å². The van der Waals surface area contributed by atoms with Crippen LogP contribution in [0.1, 0.15) is 5.82 Å². The van der Waals surface area contributed by atoms with Gasteiger partial charge in [0, 0.05) is 6.42 Å². The van der Waals surface area contributed by atoms with Crippen molar-refractivity contribution in [3.05, 3.63) is 15.7 Å². The second kappa shape index (κ2) is 3.94. The van der Waals surface area contributed by atoms with Gasteiger partial charge in [-0.1, -0.05) is 0 Å². The Morgan fingerprint density at radius 2 is 2.29 bits per heavy atom.